The highest BCUT2D eigenvalue weighted by Gasteiger charge is 2.37. The van der Waals surface area contributed by atoms with Crippen LogP contribution in [0.15, 0.2) is 48.7 Å². The molecule has 0 unspecified atom stereocenters. The van der Waals surface area contributed by atoms with Crippen molar-refractivity contribution in [1.29, 1.82) is 0 Å². The molecule has 0 aliphatic carbocycles. The van der Waals surface area contributed by atoms with E-state index in [0.29, 0.717) is 18.2 Å². The first-order chi connectivity index (χ1) is 16.7. The van der Waals surface area contributed by atoms with E-state index in [-0.39, 0.29) is 17.4 Å². The van der Waals surface area contributed by atoms with Crippen molar-refractivity contribution in [3.05, 3.63) is 71.3 Å². The summed E-state index contributed by atoms with van der Waals surface area (Å²) in [6.07, 6.45) is -9.16. The smallest absolute Gasteiger partial charge is 0.504 e. The number of hydrogen-bond donors (Lipinski definition) is 2. The number of nitrogens with one attached hydrogen (secondary N) is 1. The molecule has 2 N–H and O–H groups in total. The molecule has 0 bridgehead atoms. The fourth-order valence-electron chi connectivity index (χ4n) is 2.87. The van der Waals surface area contributed by atoms with Gasteiger partial charge in [0.1, 0.15) is 22.8 Å². The van der Waals surface area contributed by atoms with Crippen LogP contribution < -0.4 is 14.8 Å². The van der Waals surface area contributed by atoms with Gasteiger partial charge in [-0.05, 0) is 36.4 Å². The number of anilines is 1. The predicted molar refractivity (Wildman–Crippen MR) is 108 cm³/mol. The molecule has 14 heteroatoms. The van der Waals surface area contributed by atoms with Crippen molar-refractivity contribution in [1.82, 2.24) is 4.98 Å². The summed E-state index contributed by atoms with van der Waals surface area (Å²) in [6.45, 7) is 1.17. The van der Waals surface area contributed by atoms with Gasteiger partial charge in [0.25, 0.3) is 5.91 Å². The van der Waals surface area contributed by atoms with E-state index in [2.05, 4.69) is 15.0 Å². The molecule has 0 radical (unpaired) electrons. The van der Waals surface area contributed by atoms with Gasteiger partial charge in [-0.1, -0.05) is 0 Å². The molecule has 7 nitrogen and oxygen atoms in total. The minimum atomic E-state index is -5.20. The van der Waals surface area contributed by atoms with E-state index in [1.165, 1.54) is 13.0 Å². The number of Topliss-reactive ketones (excluding diaryl/α,β-unsaturated/α-hetero) is 1. The molecule has 1 aromatic heterocycles. The van der Waals surface area contributed by atoms with Crippen molar-refractivity contribution in [2.24, 2.45) is 0 Å². The molecule has 0 saturated heterocycles. The molecule has 36 heavy (non-hydrogen) atoms. The number of carbonyl (C=O) groups is 2. The number of aromatic nitrogens is 1. The fourth-order valence-corrected chi connectivity index (χ4v) is 2.87. The van der Waals surface area contributed by atoms with Crippen molar-refractivity contribution in [3.8, 4) is 23.0 Å². The second kappa shape index (κ2) is 9.71. The average molecular weight is 518 g/mol. The lowest BCUT2D eigenvalue weighted by molar-refractivity contribution is -0.274. The first kappa shape index (κ1) is 26.2. The number of alkyl halides is 6. The van der Waals surface area contributed by atoms with Gasteiger partial charge in [-0.15, -0.1) is 13.2 Å². The summed E-state index contributed by atoms with van der Waals surface area (Å²) in [5.74, 6) is -7.17. The van der Waals surface area contributed by atoms with Crippen LogP contribution >= 0.6 is 0 Å². The number of ether oxygens (including phenoxy) is 2. The van der Waals surface area contributed by atoms with Crippen LogP contribution in [-0.2, 0) is 6.18 Å². The highest BCUT2D eigenvalue weighted by Crippen LogP contribution is 2.40. The number of phenols is 1. The van der Waals surface area contributed by atoms with Gasteiger partial charge in [-0.25, -0.2) is 4.39 Å². The van der Waals surface area contributed by atoms with Crippen LogP contribution in [0, 0.1) is 5.82 Å². The maximum absolute atomic E-state index is 14.9. The minimum Gasteiger partial charge on any atom is -0.504 e. The van der Waals surface area contributed by atoms with Gasteiger partial charge in [0.05, 0.1) is 5.56 Å². The van der Waals surface area contributed by atoms with Crippen LogP contribution in [0.1, 0.15) is 33.3 Å². The summed E-state index contributed by atoms with van der Waals surface area (Å²) in [6, 6.07) is 5.11. The molecular weight excluding hydrogens is 505 g/mol. The Balaban J connectivity index is 2.02. The second-order valence-corrected chi connectivity index (χ2v) is 7.02. The normalized spacial score (nSPS) is 11.7. The number of carbonyl (C=O) groups excluding carboxylic acids is 2. The summed E-state index contributed by atoms with van der Waals surface area (Å²) >= 11 is 0. The summed E-state index contributed by atoms with van der Waals surface area (Å²) in [5.41, 5.74) is -3.25. The maximum Gasteiger partial charge on any atom is 0.573 e. The van der Waals surface area contributed by atoms with Crippen LogP contribution in [0.4, 0.5) is 36.4 Å². The van der Waals surface area contributed by atoms with E-state index < -0.39 is 64.2 Å². The van der Waals surface area contributed by atoms with Crippen LogP contribution in [0.3, 0.4) is 0 Å². The Bertz CT molecular complexity index is 1320. The summed E-state index contributed by atoms with van der Waals surface area (Å²) in [5, 5.41) is 12.1. The van der Waals surface area contributed by atoms with Gasteiger partial charge in [-0.2, -0.15) is 13.2 Å². The van der Waals surface area contributed by atoms with Crippen LogP contribution in [0.5, 0.6) is 23.0 Å². The predicted octanol–water partition coefficient (Wildman–Crippen LogP) is 6.09. The Morgan fingerprint density at radius 1 is 0.972 bits per heavy atom. The standard InChI is InChI=1S/C22H13F7N2O5/c1-10(32)14-8-11(6-7-30-14)31-20(34)18-17(5-3-13(19(18)23)21(24,25)26)35-16-4-2-12(9-15(16)33)36-22(27,28)29/h2-9,33H,1H3,(H,30,31,34). The lowest BCUT2D eigenvalue weighted by Gasteiger charge is -2.17. The van der Waals surface area contributed by atoms with E-state index in [9.17, 15) is 45.4 Å². The third kappa shape index (κ3) is 6.20. The van der Waals surface area contributed by atoms with E-state index >= 15 is 0 Å². The second-order valence-electron chi connectivity index (χ2n) is 7.02. The SMILES string of the molecule is CC(=O)c1cc(NC(=O)c2c(Oc3ccc(OC(F)(F)F)cc3O)ccc(C(F)(F)F)c2F)ccn1. The van der Waals surface area contributed by atoms with Crippen molar-refractivity contribution in [2.45, 2.75) is 19.5 Å². The highest BCUT2D eigenvalue weighted by atomic mass is 19.4. The number of phenolic OH excluding ortho intramolecular Hbond substituents is 1. The number of pyridine rings is 1. The quantitative estimate of drug-likeness (QED) is 0.303. The van der Waals surface area contributed by atoms with Crippen molar-refractivity contribution >= 4 is 17.4 Å². The first-order valence-electron chi connectivity index (χ1n) is 9.60. The zero-order valence-electron chi connectivity index (χ0n) is 17.8. The van der Waals surface area contributed by atoms with E-state index in [0.717, 1.165) is 18.3 Å². The third-order valence-corrected chi connectivity index (χ3v) is 4.40. The number of hydrogen-bond acceptors (Lipinski definition) is 6. The van der Waals surface area contributed by atoms with Crippen LogP contribution in [-0.4, -0.2) is 28.1 Å². The molecule has 0 spiro atoms. The minimum absolute atomic E-state index is 0.0973. The largest absolute Gasteiger partial charge is 0.573 e. The zero-order chi connectivity index (χ0) is 26.8. The number of amides is 1. The summed E-state index contributed by atoms with van der Waals surface area (Å²) < 4.78 is 101. The zero-order valence-corrected chi connectivity index (χ0v) is 17.8. The van der Waals surface area contributed by atoms with Crippen molar-refractivity contribution in [3.63, 3.8) is 0 Å². The Kier molecular flexibility index (Phi) is 7.08. The van der Waals surface area contributed by atoms with Gasteiger partial charge in [0.15, 0.2) is 23.1 Å². The fraction of sp³-hybridized carbons (Fsp3) is 0.136. The van der Waals surface area contributed by atoms with Crippen molar-refractivity contribution in [2.75, 3.05) is 5.32 Å². The summed E-state index contributed by atoms with van der Waals surface area (Å²) in [7, 11) is 0. The molecule has 2 aromatic carbocycles. The Labute approximate surface area is 197 Å². The number of ketones is 1. The Morgan fingerprint density at radius 3 is 2.22 bits per heavy atom. The molecule has 1 amide bonds. The molecule has 0 atom stereocenters. The molecule has 0 fully saturated rings. The Morgan fingerprint density at radius 2 is 1.64 bits per heavy atom. The molecule has 3 aromatic rings. The topological polar surface area (TPSA) is 97.8 Å². The number of nitrogens with zero attached hydrogens (tertiary/aromatic N) is 1. The van der Waals surface area contributed by atoms with E-state index in [4.69, 9.17) is 4.74 Å². The van der Waals surface area contributed by atoms with E-state index in [1.807, 2.05) is 0 Å². The molecule has 190 valence electrons. The van der Waals surface area contributed by atoms with Gasteiger partial charge in [0, 0.05) is 24.9 Å². The van der Waals surface area contributed by atoms with Gasteiger partial charge >= 0.3 is 12.5 Å². The van der Waals surface area contributed by atoms with Crippen LogP contribution in [0.25, 0.3) is 0 Å². The highest BCUT2D eigenvalue weighted by molar-refractivity contribution is 6.07. The molecule has 0 aliphatic heterocycles. The molecule has 3 rings (SSSR count). The number of rotatable bonds is 6. The molecule has 0 aliphatic rings. The number of halogens is 7. The summed E-state index contributed by atoms with van der Waals surface area (Å²) in [4.78, 5) is 28.0. The number of benzene rings is 2. The van der Waals surface area contributed by atoms with Gasteiger partial charge < -0.3 is 19.9 Å². The third-order valence-electron chi connectivity index (χ3n) is 4.40. The Hall–Kier alpha value is -4.36. The van der Waals surface area contributed by atoms with Crippen LogP contribution in [0.2, 0.25) is 0 Å². The first-order valence-corrected chi connectivity index (χ1v) is 9.60. The lowest BCUT2D eigenvalue weighted by atomic mass is 10.1. The van der Waals surface area contributed by atoms with Gasteiger partial charge in [0.2, 0.25) is 0 Å². The maximum atomic E-state index is 14.9. The molecular formula is C22H13F7N2O5. The molecule has 1 heterocycles. The monoisotopic (exact) mass is 518 g/mol. The van der Waals surface area contributed by atoms with Crippen molar-refractivity contribution < 1.29 is 54.9 Å². The lowest BCUT2D eigenvalue weighted by Crippen LogP contribution is -2.19. The van der Waals surface area contributed by atoms with E-state index in [1.54, 1.807) is 0 Å². The molecule has 0 saturated carbocycles. The number of aromatic hydroxyl groups is 1. The van der Waals surface area contributed by atoms with Gasteiger partial charge in [-0.3, -0.25) is 14.6 Å². The average Bonchev–Trinajstić information content (AvgIpc) is 2.73.